The molecule has 2 amide bonds. The minimum absolute atomic E-state index is 0.105. The summed E-state index contributed by atoms with van der Waals surface area (Å²) in [6, 6.07) is 14.7. The third-order valence-electron chi connectivity index (χ3n) is 9.30. The Hall–Kier alpha value is -3.45. The van der Waals surface area contributed by atoms with Crippen LogP contribution in [0.5, 0.6) is 0 Å². The zero-order valence-corrected chi connectivity index (χ0v) is 25.7. The highest BCUT2D eigenvalue weighted by atomic mass is 28.4. The number of aliphatic hydroxyl groups is 1. The first-order chi connectivity index (χ1) is 20.6. The van der Waals surface area contributed by atoms with Crippen molar-refractivity contribution >= 4 is 31.6 Å². The number of halogens is 1. The maximum atomic E-state index is 16.0. The average Bonchev–Trinajstić information content (AvgIpc) is 3.77. The van der Waals surface area contributed by atoms with Crippen LogP contribution < -0.4 is 16.0 Å². The van der Waals surface area contributed by atoms with E-state index in [0.29, 0.717) is 35.6 Å². The van der Waals surface area contributed by atoms with E-state index in [2.05, 4.69) is 26.3 Å². The molecular weight excluding hydrogens is 567 g/mol. The molecule has 3 aliphatic rings. The summed E-state index contributed by atoms with van der Waals surface area (Å²) in [5, 5.41) is 27.8. The molecule has 2 aromatic carbocycles. The minimum Gasteiger partial charge on any atom is -0.395 e. The summed E-state index contributed by atoms with van der Waals surface area (Å²) in [6.07, 6.45) is 3.43. The van der Waals surface area contributed by atoms with Crippen molar-refractivity contribution in [1.29, 1.82) is 0 Å². The van der Waals surface area contributed by atoms with Gasteiger partial charge in [-0.25, -0.2) is 0 Å². The number of rotatable bonds is 9. The Morgan fingerprint density at radius 3 is 2.77 bits per heavy atom. The van der Waals surface area contributed by atoms with Gasteiger partial charge in [-0.1, -0.05) is 42.5 Å². The summed E-state index contributed by atoms with van der Waals surface area (Å²) in [7, 11) is -3.31. The molecule has 0 bridgehead atoms. The average molecular weight is 607 g/mol. The Morgan fingerprint density at radius 1 is 1.28 bits per heavy atom. The van der Waals surface area contributed by atoms with Crippen LogP contribution in [0.2, 0.25) is 18.6 Å². The fourth-order valence-corrected chi connectivity index (χ4v) is 9.79. The second-order valence-electron chi connectivity index (χ2n) is 12.5. The standard InChI is InChI=1S/C31H39FN6O4Si/c1-19-28(43(2,3)32)27(13-15-38-17-26(36-37-38)22(18-39)20-8-5-4-6-9-20)42-31(19)23-16-21(11-12-24(23)35-30(31)41)34-29(40)25-10-7-14-33-25/h4-6,8-9,11-12,16-17,19,22,25,27-28,33,39H,7,10,13-15,18H2,1-3H3,(H,34,40)(H,35,41)/t19-,22?,25+,27+,28-,31+/m0/s1. The Bertz CT molecular complexity index is 1490. The number of benzene rings is 2. The predicted octanol–water partition coefficient (Wildman–Crippen LogP) is 3.91. The third kappa shape index (κ3) is 5.41. The molecule has 0 saturated carbocycles. The van der Waals surface area contributed by atoms with Gasteiger partial charge < -0.3 is 29.9 Å². The van der Waals surface area contributed by atoms with Gasteiger partial charge in [-0.05, 0) is 62.7 Å². The van der Waals surface area contributed by atoms with Gasteiger partial charge in [0.2, 0.25) is 14.3 Å². The highest BCUT2D eigenvalue weighted by Crippen LogP contribution is 2.59. The molecule has 6 rings (SSSR count). The zero-order chi connectivity index (χ0) is 30.4. The second-order valence-corrected chi connectivity index (χ2v) is 16.3. The van der Waals surface area contributed by atoms with Gasteiger partial charge in [-0.2, -0.15) is 0 Å². The van der Waals surface area contributed by atoms with Crippen molar-refractivity contribution in [3.05, 3.63) is 71.5 Å². The van der Waals surface area contributed by atoms with Crippen LogP contribution in [0.3, 0.4) is 0 Å². The van der Waals surface area contributed by atoms with Crippen LogP contribution >= 0.6 is 0 Å². The van der Waals surface area contributed by atoms with E-state index < -0.39 is 31.6 Å². The SMILES string of the molecule is C[C@H]1[C@H]([Si](C)(C)F)[C@@H](CCn2cc(C(CO)c3ccccc3)nn2)O[C@]12C(=O)Nc1ccc(NC(=O)[C@H]3CCCN3)cc12. The van der Waals surface area contributed by atoms with Crippen LogP contribution in [-0.2, 0) is 26.5 Å². The lowest BCUT2D eigenvalue weighted by Crippen LogP contribution is -2.42. The topological polar surface area (TPSA) is 130 Å². The normalized spacial score (nSPS) is 27.3. The number of ether oxygens (including phenoxy) is 1. The Morgan fingerprint density at radius 2 is 2.07 bits per heavy atom. The molecule has 1 unspecified atom stereocenters. The van der Waals surface area contributed by atoms with E-state index in [4.69, 9.17) is 4.74 Å². The number of hydrogen-bond acceptors (Lipinski definition) is 7. The van der Waals surface area contributed by atoms with E-state index in [9.17, 15) is 14.7 Å². The van der Waals surface area contributed by atoms with Crippen molar-refractivity contribution in [2.24, 2.45) is 5.92 Å². The molecule has 1 aromatic heterocycles. The van der Waals surface area contributed by atoms with E-state index in [1.54, 1.807) is 42.2 Å². The first-order valence-corrected chi connectivity index (χ1v) is 18.0. The van der Waals surface area contributed by atoms with Crippen molar-refractivity contribution in [2.75, 3.05) is 23.8 Å². The fourth-order valence-electron chi connectivity index (χ4n) is 7.25. The zero-order valence-electron chi connectivity index (χ0n) is 24.7. The van der Waals surface area contributed by atoms with Crippen LogP contribution in [0.25, 0.3) is 0 Å². The monoisotopic (exact) mass is 606 g/mol. The van der Waals surface area contributed by atoms with Crippen LogP contribution in [0.1, 0.15) is 48.9 Å². The van der Waals surface area contributed by atoms with Crippen molar-refractivity contribution in [3.63, 3.8) is 0 Å². The number of nitrogens with one attached hydrogen (secondary N) is 3. The molecule has 3 aliphatic heterocycles. The molecule has 2 saturated heterocycles. The van der Waals surface area contributed by atoms with Crippen LogP contribution in [-0.4, -0.2) is 65.6 Å². The van der Waals surface area contributed by atoms with Gasteiger partial charge >= 0.3 is 0 Å². The van der Waals surface area contributed by atoms with Gasteiger partial charge in [0.15, 0.2) is 5.60 Å². The van der Waals surface area contributed by atoms with Crippen LogP contribution in [0, 0.1) is 5.92 Å². The summed E-state index contributed by atoms with van der Waals surface area (Å²) < 4.78 is 24.4. The maximum Gasteiger partial charge on any atom is 0.261 e. The van der Waals surface area contributed by atoms with Crippen molar-refractivity contribution in [1.82, 2.24) is 20.3 Å². The molecule has 0 aliphatic carbocycles. The first kappa shape index (κ1) is 29.6. The number of carbonyl (C=O) groups is 2. The second kappa shape index (κ2) is 11.6. The molecule has 6 atom stereocenters. The summed E-state index contributed by atoms with van der Waals surface area (Å²) in [5.74, 6) is -1.15. The maximum absolute atomic E-state index is 16.0. The molecule has 12 heteroatoms. The lowest BCUT2D eigenvalue weighted by molar-refractivity contribution is -0.143. The quantitative estimate of drug-likeness (QED) is 0.215. The summed E-state index contributed by atoms with van der Waals surface area (Å²) >= 11 is 0. The lowest BCUT2D eigenvalue weighted by Gasteiger charge is -2.30. The number of amides is 2. The van der Waals surface area contributed by atoms with Crippen LogP contribution in [0.15, 0.2) is 54.7 Å². The number of hydrogen-bond donors (Lipinski definition) is 4. The highest BCUT2D eigenvalue weighted by Gasteiger charge is 2.65. The molecule has 1 spiro atoms. The molecule has 4 N–H and O–H groups in total. The molecule has 3 aromatic rings. The molecule has 10 nitrogen and oxygen atoms in total. The first-order valence-electron chi connectivity index (χ1n) is 15.0. The van der Waals surface area contributed by atoms with E-state index in [0.717, 1.165) is 24.9 Å². The molecular formula is C31H39FN6O4Si. The van der Waals surface area contributed by atoms with E-state index in [-0.39, 0.29) is 30.4 Å². The number of anilines is 2. The van der Waals surface area contributed by atoms with Gasteiger partial charge in [-0.15, -0.1) is 5.10 Å². The van der Waals surface area contributed by atoms with Gasteiger partial charge in [0, 0.05) is 41.1 Å². The van der Waals surface area contributed by atoms with Gasteiger partial charge in [0.25, 0.3) is 5.91 Å². The van der Waals surface area contributed by atoms with Crippen molar-refractivity contribution < 1.29 is 23.5 Å². The molecule has 2 fully saturated rings. The van der Waals surface area contributed by atoms with E-state index >= 15 is 4.11 Å². The van der Waals surface area contributed by atoms with Gasteiger partial charge in [0.1, 0.15) is 0 Å². The van der Waals surface area contributed by atoms with Gasteiger partial charge in [0.05, 0.1) is 30.4 Å². The fraction of sp³-hybridized carbons (Fsp3) is 0.484. The van der Waals surface area contributed by atoms with Crippen LogP contribution in [0.4, 0.5) is 15.5 Å². The Balaban J connectivity index is 1.24. The Kier molecular flexibility index (Phi) is 7.96. The summed E-state index contributed by atoms with van der Waals surface area (Å²) in [4.78, 5) is 26.5. The van der Waals surface area contributed by atoms with E-state index in [1.807, 2.05) is 37.3 Å². The number of aryl methyl sites for hydroxylation is 1. The third-order valence-corrected chi connectivity index (χ3v) is 11.8. The number of carbonyl (C=O) groups excluding carboxylic acids is 2. The smallest absolute Gasteiger partial charge is 0.261 e. The summed E-state index contributed by atoms with van der Waals surface area (Å²) in [5.41, 5.74) is 1.59. The molecule has 228 valence electrons. The van der Waals surface area contributed by atoms with Gasteiger partial charge in [-0.3, -0.25) is 14.3 Å². The largest absolute Gasteiger partial charge is 0.395 e. The Labute approximate surface area is 251 Å². The molecule has 43 heavy (non-hydrogen) atoms. The highest BCUT2D eigenvalue weighted by molar-refractivity contribution is 6.72. The molecule has 0 radical (unpaired) electrons. The number of fused-ring (bicyclic) bond motifs is 2. The van der Waals surface area contributed by atoms with E-state index in [1.165, 1.54) is 0 Å². The number of aromatic nitrogens is 3. The predicted molar refractivity (Wildman–Crippen MR) is 163 cm³/mol. The minimum atomic E-state index is -3.31. The lowest BCUT2D eigenvalue weighted by atomic mass is 9.82. The number of nitrogens with zero attached hydrogens (tertiary/aromatic N) is 3. The summed E-state index contributed by atoms with van der Waals surface area (Å²) in [6.45, 7) is 6.36. The van der Waals surface area contributed by atoms with Crippen molar-refractivity contribution in [3.8, 4) is 0 Å². The molecule has 4 heterocycles. The van der Waals surface area contributed by atoms with Crippen molar-refractivity contribution in [2.45, 2.75) is 75.0 Å². The number of aliphatic hydroxyl groups excluding tert-OH is 1.